The first kappa shape index (κ1) is 19.4. The average molecular weight is 372 g/mol. The highest BCUT2D eigenvalue weighted by Gasteiger charge is 2.20. The number of para-hydroxylation sites is 1. The number of ether oxygens (including phenoxy) is 1. The van der Waals surface area contributed by atoms with E-state index in [0.29, 0.717) is 18.1 Å². The molecule has 1 fully saturated rings. The fourth-order valence-corrected chi connectivity index (χ4v) is 3.16. The third-order valence-electron chi connectivity index (χ3n) is 4.46. The van der Waals surface area contributed by atoms with Gasteiger partial charge in [0.15, 0.2) is 5.82 Å². The Morgan fingerprint density at radius 1 is 1.22 bits per heavy atom. The molecule has 3 rings (SSSR count). The highest BCUT2D eigenvalue weighted by atomic mass is 16.5. The molecule has 1 aromatic heterocycles. The number of aryl methyl sites for hydroxylation is 1. The van der Waals surface area contributed by atoms with Crippen molar-refractivity contribution in [3.05, 3.63) is 41.7 Å². The summed E-state index contributed by atoms with van der Waals surface area (Å²) in [5.41, 5.74) is 1.21. The second-order valence-corrected chi connectivity index (χ2v) is 7.20. The van der Waals surface area contributed by atoms with E-state index in [1.165, 1.54) is 5.56 Å². The number of amides is 1. The van der Waals surface area contributed by atoms with E-state index in [0.717, 1.165) is 38.5 Å². The van der Waals surface area contributed by atoms with Gasteiger partial charge in [-0.3, -0.25) is 14.6 Å². The summed E-state index contributed by atoms with van der Waals surface area (Å²) in [6.45, 7) is 10.7. The Kier molecular flexibility index (Phi) is 6.47. The highest BCUT2D eigenvalue weighted by Crippen LogP contribution is 2.21. The van der Waals surface area contributed by atoms with Crippen molar-refractivity contribution in [2.45, 2.75) is 33.4 Å². The molecule has 1 aliphatic heterocycles. The fourth-order valence-electron chi connectivity index (χ4n) is 3.16. The summed E-state index contributed by atoms with van der Waals surface area (Å²) in [6.07, 6.45) is 0.162. The fraction of sp³-hybridized carbons (Fsp3) is 0.500. The molecule has 0 bridgehead atoms. The van der Waals surface area contributed by atoms with E-state index in [4.69, 9.17) is 9.26 Å². The van der Waals surface area contributed by atoms with E-state index in [1.807, 2.05) is 26.0 Å². The van der Waals surface area contributed by atoms with Crippen molar-refractivity contribution in [3.63, 3.8) is 0 Å². The molecule has 1 N–H and O–H groups in total. The number of hydrogen-bond donors (Lipinski definition) is 1. The van der Waals surface area contributed by atoms with Crippen LogP contribution in [0.1, 0.15) is 25.2 Å². The monoisotopic (exact) mass is 372 g/mol. The Morgan fingerprint density at radius 2 is 1.93 bits per heavy atom. The van der Waals surface area contributed by atoms with E-state index in [9.17, 15) is 4.79 Å². The SMILES string of the molecule is Cc1cc(NC(=O)CN2CCN(Cc3ccccc3OC(C)C)CC2)no1. The number of nitrogens with zero attached hydrogens (tertiary/aromatic N) is 3. The molecule has 1 amide bonds. The minimum absolute atomic E-state index is 0.0626. The molecule has 0 unspecified atom stereocenters. The van der Waals surface area contributed by atoms with Gasteiger partial charge in [0.25, 0.3) is 0 Å². The summed E-state index contributed by atoms with van der Waals surface area (Å²) in [7, 11) is 0. The number of carbonyl (C=O) groups is 1. The molecule has 7 heteroatoms. The Bertz CT molecular complexity index is 751. The summed E-state index contributed by atoms with van der Waals surface area (Å²) in [5, 5.41) is 6.56. The lowest BCUT2D eigenvalue weighted by molar-refractivity contribution is -0.117. The zero-order valence-corrected chi connectivity index (χ0v) is 16.3. The zero-order valence-electron chi connectivity index (χ0n) is 16.3. The predicted octanol–water partition coefficient (Wildman–Crippen LogP) is 2.53. The average Bonchev–Trinajstić information content (AvgIpc) is 3.02. The van der Waals surface area contributed by atoms with E-state index in [-0.39, 0.29) is 12.0 Å². The van der Waals surface area contributed by atoms with Gasteiger partial charge in [0.2, 0.25) is 5.91 Å². The third-order valence-corrected chi connectivity index (χ3v) is 4.46. The van der Waals surface area contributed by atoms with Crippen LogP contribution in [0.2, 0.25) is 0 Å². The number of hydrogen-bond acceptors (Lipinski definition) is 6. The van der Waals surface area contributed by atoms with Crippen LogP contribution < -0.4 is 10.1 Å². The molecule has 7 nitrogen and oxygen atoms in total. The van der Waals surface area contributed by atoms with Gasteiger partial charge in [-0.2, -0.15) is 0 Å². The molecular formula is C20H28N4O3. The molecule has 2 aromatic rings. The molecule has 1 saturated heterocycles. The van der Waals surface area contributed by atoms with Gasteiger partial charge in [0.1, 0.15) is 11.5 Å². The maximum Gasteiger partial charge on any atom is 0.239 e. The van der Waals surface area contributed by atoms with Gasteiger partial charge in [-0.15, -0.1) is 0 Å². The van der Waals surface area contributed by atoms with Crippen LogP contribution in [0, 0.1) is 6.92 Å². The molecule has 1 aliphatic rings. The molecule has 0 atom stereocenters. The van der Waals surface area contributed by atoms with Crippen molar-refractivity contribution in [1.82, 2.24) is 15.0 Å². The van der Waals surface area contributed by atoms with E-state index in [1.54, 1.807) is 13.0 Å². The van der Waals surface area contributed by atoms with Gasteiger partial charge in [-0.1, -0.05) is 23.4 Å². The number of rotatable bonds is 7. The first-order valence-electron chi connectivity index (χ1n) is 9.42. The van der Waals surface area contributed by atoms with Crippen LogP contribution in [0.4, 0.5) is 5.82 Å². The first-order chi connectivity index (χ1) is 13.0. The Hall–Kier alpha value is -2.38. The minimum atomic E-state index is -0.0626. The molecule has 0 spiro atoms. The molecule has 146 valence electrons. The molecule has 2 heterocycles. The van der Waals surface area contributed by atoms with Gasteiger partial charge < -0.3 is 14.6 Å². The number of nitrogens with one attached hydrogen (secondary N) is 1. The number of aromatic nitrogens is 1. The molecular weight excluding hydrogens is 344 g/mol. The van der Waals surface area contributed by atoms with E-state index < -0.39 is 0 Å². The number of piperazine rings is 1. The summed E-state index contributed by atoms with van der Waals surface area (Å²) in [5.74, 6) is 2.04. The Balaban J connectivity index is 1.46. The highest BCUT2D eigenvalue weighted by molar-refractivity contribution is 5.91. The van der Waals surface area contributed by atoms with Crippen LogP contribution in [0.3, 0.4) is 0 Å². The summed E-state index contributed by atoms with van der Waals surface area (Å²) in [6, 6.07) is 9.92. The Labute approximate surface area is 160 Å². The van der Waals surface area contributed by atoms with E-state index in [2.05, 4.69) is 32.4 Å². The lowest BCUT2D eigenvalue weighted by atomic mass is 10.1. The molecule has 27 heavy (non-hydrogen) atoms. The minimum Gasteiger partial charge on any atom is -0.491 e. The van der Waals surface area contributed by atoms with Crippen LogP contribution >= 0.6 is 0 Å². The standard InChI is InChI=1S/C20H28N4O3/c1-15(2)26-18-7-5-4-6-17(18)13-23-8-10-24(11-9-23)14-20(25)21-19-12-16(3)27-22-19/h4-7,12,15H,8-11,13-14H2,1-3H3,(H,21,22,25). The molecule has 0 saturated carbocycles. The van der Waals surface area contributed by atoms with Gasteiger partial charge in [0, 0.05) is 44.4 Å². The predicted molar refractivity (Wildman–Crippen MR) is 104 cm³/mol. The van der Waals surface area contributed by atoms with Crippen LogP contribution in [0.5, 0.6) is 5.75 Å². The van der Waals surface area contributed by atoms with E-state index >= 15 is 0 Å². The first-order valence-corrected chi connectivity index (χ1v) is 9.42. The van der Waals surface area contributed by atoms with Crippen LogP contribution in [-0.2, 0) is 11.3 Å². The second kappa shape index (κ2) is 9.01. The largest absolute Gasteiger partial charge is 0.491 e. The van der Waals surface area contributed by atoms with Crippen molar-refractivity contribution in [3.8, 4) is 5.75 Å². The normalized spacial score (nSPS) is 15.9. The van der Waals surface area contributed by atoms with Gasteiger partial charge in [-0.25, -0.2) is 0 Å². The van der Waals surface area contributed by atoms with Crippen LogP contribution in [0.25, 0.3) is 0 Å². The maximum atomic E-state index is 12.1. The van der Waals surface area contributed by atoms with Crippen molar-refractivity contribution >= 4 is 11.7 Å². The van der Waals surface area contributed by atoms with Gasteiger partial charge >= 0.3 is 0 Å². The molecule has 0 radical (unpaired) electrons. The van der Waals surface area contributed by atoms with Crippen LogP contribution in [-0.4, -0.2) is 59.7 Å². The Morgan fingerprint density at radius 3 is 2.59 bits per heavy atom. The number of benzene rings is 1. The lowest BCUT2D eigenvalue weighted by Crippen LogP contribution is -2.48. The molecule has 0 aliphatic carbocycles. The van der Waals surface area contributed by atoms with Gasteiger partial charge in [0.05, 0.1) is 12.6 Å². The van der Waals surface area contributed by atoms with Crippen molar-refractivity contribution in [2.75, 3.05) is 38.0 Å². The number of carbonyl (C=O) groups excluding carboxylic acids is 1. The lowest BCUT2D eigenvalue weighted by Gasteiger charge is -2.34. The summed E-state index contributed by atoms with van der Waals surface area (Å²) >= 11 is 0. The van der Waals surface area contributed by atoms with Crippen molar-refractivity contribution in [1.29, 1.82) is 0 Å². The third kappa shape index (κ3) is 5.80. The smallest absolute Gasteiger partial charge is 0.239 e. The summed E-state index contributed by atoms with van der Waals surface area (Å²) < 4.78 is 10.9. The molecule has 1 aromatic carbocycles. The van der Waals surface area contributed by atoms with Gasteiger partial charge in [-0.05, 0) is 26.8 Å². The van der Waals surface area contributed by atoms with Crippen molar-refractivity contribution in [2.24, 2.45) is 0 Å². The van der Waals surface area contributed by atoms with Crippen LogP contribution in [0.15, 0.2) is 34.9 Å². The topological polar surface area (TPSA) is 70.8 Å². The van der Waals surface area contributed by atoms with Crippen molar-refractivity contribution < 1.29 is 14.1 Å². The maximum absolute atomic E-state index is 12.1. The zero-order chi connectivity index (χ0) is 19.2. The number of anilines is 1. The summed E-state index contributed by atoms with van der Waals surface area (Å²) in [4.78, 5) is 16.7. The second-order valence-electron chi connectivity index (χ2n) is 7.20. The quantitative estimate of drug-likeness (QED) is 0.805.